The van der Waals surface area contributed by atoms with Gasteiger partial charge in [0.2, 0.25) is 0 Å². The lowest BCUT2D eigenvalue weighted by Gasteiger charge is -2.06. The number of rotatable bonds is 4. The van der Waals surface area contributed by atoms with E-state index in [1.165, 1.54) is 0 Å². The molecule has 0 radical (unpaired) electrons. The minimum atomic E-state index is -1.82. The fourth-order valence-electron chi connectivity index (χ4n) is 2.77. The Labute approximate surface area is 177 Å². The number of benzene rings is 2. The van der Waals surface area contributed by atoms with E-state index in [-0.39, 0.29) is 0 Å². The zero-order chi connectivity index (χ0) is 22.2. The molecule has 0 unspecified atom stereocenters. The van der Waals surface area contributed by atoms with Crippen LogP contribution in [-0.2, 0) is 9.59 Å². The number of aliphatic carboxylic acids is 2. The number of imidazole rings is 1. The average Bonchev–Trinajstić information content (AvgIpc) is 3.16. The lowest BCUT2D eigenvalue weighted by atomic mass is 10.2. The molecule has 0 spiro atoms. The van der Waals surface area contributed by atoms with Crippen molar-refractivity contribution in [3.05, 3.63) is 84.3 Å². The summed E-state index contributed by atoms with van der Waals surface area (Å²) >= 11 is 0. The van der Waals surface area contributed by atoms with Crippen LogP contribution in [-0.4, -0.2) is 43.8 Å². The number of ether oxygens (including phenoxy) is 1. The number of pyridine rings is 1. The number of aromatic nitrogens is 3. The van der Waals surface area contributed by atoms with Crippen LogP contribution in [0.2, 0.25) is 0 Å². The van der Waals surface area contributed by atoms with Gasteiger partial charge < -0.3 is 14.9 Å². The van der Waals surface area contributed by atoms with E-state index >= 15 is 0 Å². The van der Waals surface area contributed by atoms with Crippen molar-refractivity contribution in [1.82, 2.24) is 14.5 Å². The van der Waals surface area contributed by atoms with Crippen molar-refractivity contribution in [3.63, 3.8) is 0 Å². The first-order valence-electron chi connectivity index (χ1n) is 9.17. The Morgan fingerprint density at radius 3 is 2.26 bits per heavy atom. The fourth-order valence-corrected chi connectivity index (χ4v) is 2.77. The molecule has 0 bridgehead atoms. The van der Waals surface area contributed by atoms with E-state index in [4.69, 9.17) is 29.5 Å². The maximum absolute atomic E-state index is 9.10. The zero-order valence-electron chi connectivity index (χ0n) is 16.5. The predicted molar refractivity (Wildman–Crippen MR) is 116 cm³/mol. The van der Waals surface area contributed by atoms with Crippen LogP contribution in [0, 0.1) is 0 Å². The Kier molecular flexibility index (Phi) is 6.74. The molecule has 2 aromatic carbocycles. The van der Waals surface area contributed by atoms with Crippen molar-refractivity contribution in [3.8, 4) is 11.6 Å². The summed E-state index contributed by atoms with van der Waals surface area (Å²) in [5.74, 6) is -1.20. The maximum Gasteiger partial charge on any atom is 0.414 e. The third kappa shape index (κ3) is 5.33. The molecule has 0 aliphatic rings. The number of methoxy groups -OCH3 is 1. The van der Waals surface area contributed by atoms with Gasteiger partial charge in [0, 0.05) is 12.3 Å². The fraction of sp³-hybridized carbons (Fsp3) is 0.0435. The number of hydrogen-bond acceptors (Lipinski definition) is 5. The summed E-state index contributed by atoms with van der Waals surface area (Å²) in [6, 6.07) is 21.9. The van der Waals surface area contributed by atoms with Crippen LogP contribution in [0.1, 0.15) is 11.4 Å². The molecule has 0 amide bonds. The minimum absolute atomic E-state index is 0.795. The molecule has 2 aromatic heterocycles. The first-order valence-corrected chi connectivity index (χ1v) is 9.17. The highest BCUT2D eigenvalue weighted by molar-refractivity contribution is 6.27. The van der Waals surface area contributed by atoms with Gasteiger partial charge in [-0.25, -0.2) is 19.6 Å². The van der Waals surface area contributed by atoms with E-state index in [9.17, 15) is 0 Å². The van der Waals surface area contributed by atoms with Gasteiger partial charge in [0.15, 0.2) is 0 Å². The van der Waals surface area contributed by atoms with Gasteiger partial charge in [-0.2, -0.15) is 0 Å². The van der Waals surface area contributed by atoms with Crippen LogP contribution in [0.5, 0.6) is 5.75 Å². The van der Waals surface area contributed by atoms with Gasteiger partial charge in [0.05, 0.1) is 18.1 Å². The summed E-state index contributed by atoms with van der Waals surface area (Å²) < 4.78 is 7.41. The van der Waals surface area contributed by atoms with Crippen LogP contribution in [0.15, 0.2) is 72.9 Å². The summed E-state index contributed by atoms with van der Waals surface area (Å²) in [7, 11) is 1.67. The number of fused-ring (bicyclic) bond motifs is 1. The van der Waals surface area contributed by atoms with Gasteiger partial charge >= 0.3 is 11.9 Å². The molecule has 0 saturated heterocycles. The molecule has 0 aliphatic heterocycles. The zero-order valence-corrected chi connectivity index (χ0v) is 16.5. The van der Waals surface area contributed by atoms with Gasteiger partial charge in [-0.15, -0.1) is 0 Å². The standard InChI is InChI=1S/C21H17N3O.C2H2O4/c1-25-17-11-12-18-19(15-17)24(20-9-5-6-14-22-20)21(23-18)13-10-16-7-3-2-4-8-16;3-1(4)2(5)6/h2-15H,1H3;(H,3,4)(H,5,6). The Morgan fingerprint density at radius 1 is 0.935 bits per heavy atom. The van der Waals surface area contributed by atoms with Gasteiger partial charge in [0.25, 0.3) is 0 Å². The van der Waals surface area contributed by atoms with Crippen molar-refractivity contribution in [2.75, 3.05) is 7.11 Å². The Morgan fingerprint density at radius 2 is 1.65 bits per heavy atom. The quantitative estimate of drug-likeness (QED) is 0.486. The molecule has 31 heavy (non-hydrogen) atoms. The molecule has 8 nitrogen and oxygen atoms in total. The summed E-state index contributed by atoms with van der Waals surface area (Å²) in [6.45, 7) is 0. The average molecular weight is 417 g/mol. The van der Waals surface area contributed by atoms with Gasteiger partial charge in [-0.3, -0.25) is 4.57 Å². The topological polar surface area (TPSA) is 115 Å². The molecule has 4 aromatic rings. The van der Waals surface area contributed by atoms with Gasteiger partial charge in [0.1, 0.15) is 17.4 Å². The molecule has 8 heteroatoms. The normalized spacial score (nSPS) is 10.5. The van der Waals surface area contributed by atoms with Crippen LogP contribution in [0.25, 0.3) is 29.0 Å². The van der Waals surface area contributed by atoms with Crippen molar-refractivity contribution in [1.29, 1.82) is 0 Å². The van der Waals surface area contributed by atoms with E-state index in [1.807, 2.05) is 65.2 Å². The molecule has 4 rings (SSSR count). The molecule has 0 fully saturated rings. The second-order valence-electron chi connectivity index (χ2n) is 6.20. The van der Waals surface area contributed by atoms with Gasteiger partial charge in [-0.05, 0) is 35.9 Å². The van der Waals surface area contributed by atoms with Gasteiger partial charge in [-0.1, -0.05) is 42.5 Å². The SMILES string of the molecule is COc1ccc2nc(C=Cc3ccccc3)n(-c3ccccn3)c2c1.O=C(O)C(=O)O. The lowest BCUT2D eigenvalue weighted by Crippen LogP contribution is -2.09. The highest BCUT2D eigenvalue weighted by Gasteiger charge is 2.12. The number of hydrogen-bond donors (Lipinski definition) is 2. The first kappa shape index (κ1) is 21.3. The number of carbonyl (C=O) groups is 2. The number of nitrogens with zero attached hydrogens (tertiary/aromatic N) is 3. The summed E-state index contributed by atoms with van der Waals surface area (Å²) in [6.07, 6.45) is 5.85. The summed E-state index contributed by atoms with van der Waals surface area (Å²) in [5.41, 5.74) is 2.99. The third-order valence-corrected chi connectivity index (χ3v) is 4.17. The Balaban J connectivity index is 0.000000401. The minimum Gasteiger partial charge on any atom is -0.497 e. The Hall–Kier alpha value is -4.46. The molecule has 156 valence electrons. The van der Waals surface area contributed by atoms with Crippen LogP contribution in [0.4, 0.5) is 0 Å². The molecule has 0 aliphatic carbocycles. The third-order valence-electron chi connectivity index (χ3n) is 4.17. The largest absolute Gasteiger partial charge is 0.497 e. The monoisotopic (exact) mass is 417 g/mol. The van der Waals surface area contributed by atoms with Crippen molar-refractivity contribution in [2.24, 2.45) is 0 Å². The molecular weight excluding hydrogens is 398 g/mol. The van der Waals surface area contributed by atoms with E-state index in [2.05, 4.69) is 23.2 Å². The van der Waals surface area contributed by atoms with E-state index in [0.717, 1.165) is 34.0 Å². The molecule has 0 atom stereocenters. The second kappa shape index (κ2) is 9.84. The van der Waals surface area contributed by atoms with Crippen molar-refractivity contribution < 1.29 is 24.5 Å². The number of carboxylic acids is 2. The lowest BCUT2D eigenvalue weighted by molar-refractivity contribution is -0.159. The molecule has 2 heterocycles. The number of carboxylic acid groups (broad SMARTS) is 2. The molecule has 0 saturated carbocycles. The van der Waals surface area contributed by atoms with Crippen LogP contribution in [0.3, 0.4) is 0 Å². The first-order chi connectivity index (χ1) is 15.0. The highest BCUT2D eigenvalue weighted by atomic mass is 16.5. The van der Waals surface area contributed by atoms with Crippen LogP contribution < -0.4 is 4.74 Å². The molecule has 2 N–H and O–H groups in total. The Bertz CT molecular complexity index is 1210. The van der Waals surface area contributed by atoms with E-state index in [1.54, 1.807) is 13.3 Å². The summed E-state index contributed by atoms with van der Waals surface area (Å²) in [5, 5.41) is 14.8. The van der Waals surface area contributed by atoms with Crippen molar-refractivity contribution >= 4 is 35.1 Å². The smallest absolute Gasteiger partial charge is 0.414 e. The van der Waals surface area contributed by atoms with Crippen LogP contribution >= 0.6 is 0 Å². The predicted octanol–water partition coefficient (Wildman–Crippen LogP) is 3.76. The molecular formula is C23H19N3O5. The maximum atomic E-state index is 9.10. The second-order valence-corrected chi connectivity index (χ2v) is 6.20. The summed E-state index contributed by atoms with van der Waals surface area (Å²) in [4.78, 5) is 27.4. The van der Waals surface area contributed by atoms with E-state index in [0.29, 0.717) is 0 Å². The van der Waals surface area contributed by atoms with E-state index < -0.39 is 11.9 Å². The van der Waals surface area contributed by atoms with Crippen molar-refractivity contribution in [2.45, 2.75) is 0 Å². The highest BCUT2D eigenvalue weighted by Crippen LogP contribution is 2.25.